The third-order valence-corrected chi connectivity index (χ3v) is 4.39. The van der Waals surface area contributed by atoms with Crippen molar-refractivity contribution in [3.8, 4) is 5.75 Å². The van der Waals surface area contributed by atoms with Crippen LogP contribution >= 0.6 is 11.6 Å². The summed E-state index contributed by atoms with van der Waals surface area (Å²) in [6.07, 6.45) is -8.41. The van der Waals surface area contributed by atoms with Gasteiger partial charge >= 0.3 is 5.97 Å². The van der Waals surface area contributed by atoms with Crippen LogP contribution in [0.3, 0.4) is 0 Å². The first kappa shape index (κ1) is 19.3. The highest BCUT2D eigenvalue weighted by Gasteiger charge is 2.48. The molecule has 0 radical (unpaired) electrons. The zero-order valence-corrected chi connectivity index (χ0v) is 14.5. The number of carbonyl (C=O) groups is 1. The molecule has 0 aromatic heterocycles. The van der Waals surface area contributed by atoms with Gasteiger partial charge in [0.05, 0.1) is 25.3 Å². The average molecular weight is 391 g/mol. The van der Waals surface area contributed by atoms with Crippen molar-refractivity contribution in [2.24, 2.45) is 0 Å². The van der Waals surface area contributed by atoms with Crippen LogP contribution in [0.5, 0.6) is 5.75 Å². The molecule has 0 amide bonds. The highest BCUT2D eigenvalue weighted by atomic mass is 35.5. The molecule has 0 unspecified atom stereocenters. The van der Waals surface area contributed by atoms with E-state index >= 15 is 0 Å². The maximum Gasteiger partial charge on any atom is 0.337 e. The van der Waals surface area contributed by atoms with E-state index in [1.807, 2.05) is 0 Å². The second kappa shape index (κ2) is 8.05. The summed E-state index contributed by atoms with van der Waals surface area (Å²) in [5, 5.41) is 30.0. The first-order chi connectivity index (χ1) is 12.4. The van der Waals surface area contributed by atoms with Gasteiger partial charge in [-0.3, -0.25) is 0 Å². The van der Waals surface area contributed by atoms with E-state index in [0.717, 1.165) is 7.11 Å². The van der Waals surface area contributed by atoms with Crippen molar-refractivity contribution < 1.29 is 43.8 Å². The number of aliphatic hydroxyl groups excluding tert-OH is 3. The lowest BCUT2D eigenvalue weighted by Crippen LogP contribution is -2.61. The minimum Gasteiger partial charge on any atom is -0.467 e. The molecule has 0 aliphatic carbocycles. The third-order valence-electron chi connectivity index (χ3n) is 4.10. The maximum atomic E-state index is 11.7. The number of ether oxygens (including phenoxy) is 5. The molecule has 3 N–H and O–H groups in total. The number of rotatable bonds is 4. The van der Waals surface area contributed by atoms with E-state index in [4.69, 9.17) is 30.5 Å². The van der Waals surface area contributed by atoms with Gasteiger partial charge in [-0.15, -0.1) is 0 Å². The van der Waals surface area contributed by atoms with E-state index in [-0.39, 0.29) is 10.8 Å². The Kier molecular flexibility index (Phi) is 5.98. The summed E-state index contributed by atoms with van der Waals surface area (Å²) in [6, 6.07) is 4.75. The molecule has 144 valence electrons. The normalized spacial score (nSPS) is 32.4. The van der Waals surface area contributed by atoms with Crippen molar-refractivity contribution in [2.45, 2.75) is 37.0 Å². The molecule has 2 aliphatic heterocycles. The zero-order chi connectivity index (χ0) is 18.8. The Morgan fingerprint density at radius 2 is 1.85 bits per heavy atom. The van der Waals surface area contributed by atoms with Gasteiger partial charge < -0.3 is 39.0 Å². The summed E-state index contributed by atoms with van der Waals surface area (Å²) in [6.45, 7) is 0.968. The van der Waals surface area contributed by atoms with E-state index in [1.165, 1.54) is 6.07 Å². The monoisotopic (exact) mass is 390 g/mol. The number of hydrogen-bond acceptors (Lipinski definition) is 9. The lowest BCUT2D eigenvalue weighted by atomic mass is 9.99. The van der Waals surface area contributed by atoms with Crippen LogP contribution in [0.25, 0.3) is 0 Å². The fraction of sp³-hybridized carbons (Fsp3) is 0.562. The average Bonchev–Trinajstić information content (AvgIpc) is 3.17. The summed E-state index contributed by atoms with van der Waals surface area (Å²) in [5.74, 6) is -0.765. The topological polar surface area (TPSA) is 124 Å². The van der Waals surface area contributed by atoms with Crippen LogP contribution in [-0.4, -0.2) is 72.3 Å². The molecule has 2 heterocycles. The maximum absolute atomic E-state index is 11.7. The summed E-state index contributed by atoms with van der Waals surface area (Å²) >= 11 is 6.19. The largest absolute Gasteiger partial charge is 0.467 e. The van der Waals surface area contributed by atoms with Gasteiger partial charge in [-0.05, 0) is 12.1 Å². The smallest absolute Gasteiger partial charge is 0.337 e. The van der Waals surface area contributed by atoms with E-state index in [2.05, 4.69) is 4.74 Å². The molecular weight excluding hydrogens is 372 g/mol. The Morgan fingerprint density at radius 3 is 2.46 bits per heavy atom. The minimum absolute atomic E-state index is 0.143. The number of esters is 1. The summed E-state index contributed by atoms with van der Waals surface area (Å²) in [7, 11) is 1.11. The van der Waals surface area contributed by atoms with Gasteiger partial charge in [0.1, 0.15) is 24.1 Å². The molecule has 2 aliphatic rings. The Bertz CT molecular complexity index is 649. The Morgan fingerprint density at radius 1 is 1.15 bits per heavy atom. The fourth-order valence-corrected chi connectivity index (χ4v) is 2.93. The Labute approximate surface area is 153 Å². The quantitative estimate of drug-likeness (QED) is 0.596. The number of methoxy groups -OCH3 is 1. The molecule has 2 fully saturated rings. The number of benzene rings is 1. The van der Waals surface area contributed by atoms with E-state index in [0.29, 0.717) is 18.8 Å². The van der Waals surface area contributed by atoms with Crippen LogP contribution in [0.1, 0.15) is 11.9 Å². The first-order valence-electron chi connectivity index (χ1n) is 7.89. The fourth-order valence-electron chi connectivity index (χ4n) is 2.69. The standard InChI is InChI=1S/C16H19ClO9/c1-22-14(21)13-11(19)10(18)12(20)16(26-13)25-9-3-2-7(6-8(9)17)15-23-4-5-24-15/h2-3,6,10-13,15-16,18-20H,4-5H2,1H3/t10-,11-,12+,13-,16+/m0/s1. The second-order valence-electron chi connectivity index (χ2n) is 5.80. The van der Waals surface area contributed by atoms with E-state index in [1.54, 1.807) is 12.1 Å². The van der Waals surface area contributed by atoms with Gasteiger partial charge in [0.15, 0.2) is 12.4 Å². The van der Waals surface area contributed by atoms with Crippen molar-refractivity contribution in [1.29, 1.82) is 0 Å². The van der Waals surface area contributed by atoms with Crippen molar-refractivity contribution in [1.82, 2.24) is 0 Å². The zero-order valence-electron chi connectivity index (χ0n) is 13.8. The number of carbonyl (C=O) groups excluding carboxylic acids is 1. The van der Waals surface area contributed by atoms with Crippen LogP contribution in [0, 0.1) is 0 Å². The van der Waals surface area contributed by atoms with Crippen molar-refractivity contribution in [3.05, 3.63) is 28.8 Å². The molecule has 5 atom stereocenters. The predicted octanol–water partition coefficient (Wildman–Crippen LogP) is -0.255. The molecule has 0 spiro atoms. The van der Waals surface area contributed by atoms with Crippen molar-refractivity contribution in [2.75, 3.05) is 20.3 Å². The van der Waals surface area contributed by atoms with Gasteiger partial charge in [-0.2, -0.15) is 0 Å². The van der Waals surface area contributed by atoms with Gasteiger partial charge in [-0.25, -0.2) is 4.79 Å². The molecule has 26 heavy (non-hydrogen) atoms. The molecular formula is C16H19ClO9. The van der Waals surface area contributed by atoms with Crippen LogP contribution in [0.2, 0.25) is 5.02 Å². The van der Waals surface area contributed by atoms with Crippen LogP contribution in [0.4, 0.5) is 0 Å². The highest BCUT2D eigenvalue weighted by molar-refractivity contribution is 6.32. The Balaban J connectivity index is 1.75. The summed E-state index contributed by atoms with van der Waals surface area (Å²) in [4.78, 5) is 11.7. The van der Waals surface area contributed by atoms with Gasteiger partial charge in [-0.1, -0.05) is 17.7 Å². The molecule has 1 aromatic rings. The molecule has 0 saturated carbocycles. The van der Waals surface area contributed by atoms with E-state index in [9.17, 15) is 20.1 Å². The molecule has 2 saturated heterocycles. The van der Waals surface area contributed by atoms with Gasteiger partial charge in [0.2, 0.25) is 6.29 Å². The lowest BCUT2D eigenvalue weighted by Gasteiger charge is -2.38. The SMILES string of the molecule is COC(=O)[C@H]1O[C@@H](Oc2ccc(C3OCCO3)cc2Cl)[C@H](O)[C@@H](O)[C@@H]1O. The molecule has 1 aromatic carbocycles. The summed E-state index contributed by atoms with van der Waals surface area (Å²) < 4.78 is 26.0. The number of aliphatic hydroxyl groups is 3. The van der Waals surface area contributed by atoms with Crippen LogP contribution < -0.4 is 4.74 Å². The first-order valence-corrected chi connectivity index (χ1v) is 8.27. The lowest BCUT2D eigenvalue weighted by molar-refractivity contribution is -0.271. The second-order valence-corrected chi connectivity index (χ2v) is 6.21. The Hall–Kier alpha value is -1.46. The highest BCUT2D eigenvalue weighted by Crippen LogP contribution is 2.33. The van der Waals surface area contributed by atoms with E-state index < -0.39 is 43.0 Å². The number of hydrogen-bond donors (Lipinski definition) is 3. The van der Waals surface area contributed by atoms with Gasteiger partial charge in [0.25, 0.3) is 0 Å². The van der Waals surface area contributed by atoms with Crippen LogP contribution in [-0.2, 0) is 23.7 Å². The van der Waals surface area contributed by atoms with Crippen molar-refractivity contribution >= 4 is 17.6 Å². The number of halogens is 1. The molecule has 0 bridgehead atoms. The molecule has 9 nitrogen and oxygen atoms in total. The van der Waals surface area contributed by atoms with Gasteiger partial charge in [0, 0.05) is 5.56 Å². The molecule has 3 rings (SSSR count). The molecule has 10 heteroatoms. The van der Waals surface area contributed by atoms with Crippen LogP contribution in [0.15, 0.2) is 18.2 Å². The minimum atomic E-state index is -1.67. The predicted molar refractivity (Wildman–Crippen MR) is 85.4 cm³/mol. The van der Waals surface area contributed by atoms with Crippen molar-refractivity contribution in [3.63, 3.8) is 0 Å². The summed E-state index contributed by atoms with van der Waals surface area (Å²) in [5.41, 5.74) is 0.688. The third kappa shape index (κ3) is 3.79.